The van der Waals surface area contributed by atoms with Gasteiger partial charge in [0.1, 0.15) is 0 Å². The van der Waals surface area contributed by atoms with Crippen LogP contribution in [0.4, 0.5) is 28.4 Å². The average molecular weight is 565 g/mol. The lowest BCUT2D eigenvalue weighted by Gasteiger charge is -2.46. The molecule has 0 fully saturated rings. The lowest BCUT2D eigenvalue weighted by atomic mass is 9.43. The van der Waals surface area contributed by atoms with E-state index in [0.717, 1.165) is 12.8 Å². The van der Waals surface area contributed by atoms with Crippen molar-refractivity contribution in [3.05, 3.63) is 150 Å². The van der Waals surface area contributed by atoms with Gasteiger partial charge in [-0.1, -0.05) is 109 Å². The summed E-state index contributed by atoms with van der Waals surface area (Å²) in [7, 11) is 0. The number of hydrogen-bond donors (Lipinski definition) is 0. The molecule has 0 aromatic heterocycles. The summed E-state index contributed by atoms with van der Waals surface area (Å²) in [6.07, 6.45) is 4.76. The lowest BCUT2D eigenvalue weighted by Crippen LogP contribution is -2.61. The number of fused-ring (bicyclic) bond motifs is 5. The van der Waals surface area contributed by atoms with E-state index in [9.17, 15) is 0 Å². The molecule has 0 radical (unpaired) electrons. The van der Waals surface area contributed by atoms with Gasteiger partial charge in [0.2, 0.25) is 0 Å². The first-order valence-electron chi connectivity index (χ1n) is 16.0. The van der Waals surface area contributed by atoms with Crippen molar-refractivity contribution >= 4 is 46.2 Å². The van der Waals surface area contributed by atoms with Gasteiger partial charge < -0.3 is 9.71 Å². The summed E-state index contributed by atoms with van der Waals surface area (Å²) < 4.78 is 0. The Morgan fingerprint density at radius 2 is 1.25 bits per heavy atom. The molecule has 9 rings (SSSR count). The van der Waals surface area contributed by atoms with Crippen LogP contribution >= 0.6 is 0 Å². The molecular formula is C41H33BN2. The molecule has 44 heavy (non-hydrogen) atoms. The van der Waals surface area contributed by atoms with Crippen molar-refractivity contribution in [2.75, 3.05) is 9.71 Å². The van der Waals surface area contributed by atoms with E-state index >= 15 is 0 Å². The van der Waals surface area contributed by atoms with Crippen LogP contribution in [0.1, 0.15) is 29.5 Å². The maximum atomic E-state index is 2.62. The number of aryl methyl sites for hydroxylation is 2. The lowest BCUT2D eigenvalue weighted by molar-refractivity contribution is 0.686. The second-order valence-electron chi connectivity index (χ2n) is 12.4. The summed E-state index contributed by atoms with van der Waals surface area (Å²) >= 11 is 0. The highest BCUT2D eigenvalue weighted by atomic mass is 15.2. The number of rotatable bonds is 3. The third-order valence-electron chi connectivity index (χ3n) is 9.90. The quantitative estimate of drug-likeness (QED) is 0.198. The molecule has 0 N–H and O–H groups in total. The van der Waals surface area contributed by atoms with Crippen LogP contribution in [0.5, 0.6) is 0 Å². The summed E-state index contributed by atoms with van der Waals surface area (Å²) in [5.74, 6) is 0. The van der Waals surface area contributed by atoms with Gasteiger partial charge in [-0.25, -0.2) is 0 Å². The molecule has 2 heterocycles. The van der Waals surface area contributed by atoms with Crippen LogP contribution in [0.15, 0.2) is 133 Å². The van der Waals surface area contributed by atoms with Crippen molar-refractivity contribution < 1.29 is 0 Å². The zero-order valence-electron chi connectivity index (χ0n) is 25.0. The molecule has 0 amide bonds. The minimum Gasteiger partial charge on any atom is -0.376 e. The molecule has 0 bridgehead atoms. The molecule has 0 spiro atoms. The van der Waals surface area contributed by atoms with Crippen molar-refractivity contribution in [3.8, 4) is 22.3 Å². The third kappa shape index (κ3) is 3.75. The fraction of sp³-hybridized carbons (Fsp3) is 0.122. The molecule has 3 aliphatic rings. The Morgan fingerprint density at radius 3 is 2.11 bits per heavy atom. The zero-order chi connectivity index (χ0) is 29.2. The van der Waals surface area contributed by atoms with Crippen molar-refractivity contribution in [2.45, 2.75) is 32.6 Å². The smallest absolute Gasteiger partial charge is 0.333 e. The number of nitrogens with zero attached hydrogens (tertiary/aromatic N) is 2. The highest BCUT2D eigenvalue weighted by Crippen LogP contribution is 2.50. The molecule has 3 heteroatoms. The Morgan fingerprint density at radius 1 is 0.545 bits per heavy atom. The van der Waals surface area contributed by atoms with E-state index in [-0.39, 0.29) is 6.85 Å². The van der Waals surface area contributed by atoms with Crippen LogP contribution in [0, 0.1) is 6.92 Å². The van der Waals surface area contributed by atoms with Gasteiger partial charge in [-0.3, -0.25) is 0 Å². The van der Waals surface area contributed by atoms with Gasteiger partial charge in [0.25, 0.3) is 0 Å². The second-order valence-corrected chi connectivity index (χ2v) is 12.4. The fourth-order valence-electron chi connectivity index (χ4n) is 7.95. The third-order valence-corrected chi connectivity index (χ3v) is 9.90. The topological polar surface area (TPSA) is 6.48 Å². The van der Waals surface area contributed by atoms with Gasteiger partial charge in [-0.05, 0) is 96.1 Å². The van der Waals surface area contributed by atoms with E-state index in [1.165, 1.54) is 91.1 Å². The maximum Gasteiger partial charge on any atom is 0.333 e. The SMILES string of the molecule is Cc1ccc(N2B3c4ccccc4N(c4c(-c5ccccc5)ccc5c4CCCC5)c4cccc(c43)-c3ccccc32)cc1. The van der Waals surface area contributed by atoms with Crippen LogP contribution < -0.4 is 20.6 Å². The Labute approximate surface area is 260 Å². The number of benzene rings is 6. The van der Waals surface area contributed by atoms with Crippen LogP contribution in [0.25, 0.3) is 22.3 Å². The van der Waals surface area contributed by atoms with Gasteiger partial charge in [0.15, 0.2) is 0 Å². The zero-order valence-corrected chi connectivity index (χ0v) is 25.0. The first-order valence-corrected chi connectivity index (χ1v) is 16.0. The first kappa shape index (κ1) is 25.5. The number of anilines is 5. The first-order chi connectivity index (χ1) is 21.8. The molecule has 2 aliphatic heterocycles. The van der Waals surface area contributed by atoms with Gasteiger partial charge in [0, 0.05) is 33.9 Å². The molecule has 0 unspecified atom stereocenters. The summed E-state index contributed by atoms with van der Waals surface area (Å²) in [5, 5.41) is 0. The Kier molecular flexibility index (Phi) is 5.81. The van der Waals surface area contributed by atoms with E-state index in [2.05, 4.69) is 150 Å². The molecule has 210 valence electrons. The van der Waals surface area contributed by atoms with Crippen LogP contribution in [0.3, 0.4) is 0 Å². The van der Waals surface area contributed by atoms with E-state index in [1.807, 2.05) is 0 Å². The van der Waals surface area contributed by atoms with E-state index in [0.29, 0.717) is 0 Å². The largest absolute Gasteiger partial charge is 0.376 e. The van der Waals surface area contributed by atoms with Gasteiger partial charge in [0.05, 0.1) is 5.69 Å². The number of hydrogen-bond acceptors (Lipinski definition) is 2. The standard InChI is InChI=1S/C41H33BN2/c1-28-22-25-31(26-23-28)44-37-19-9-7-16-34(37)35-17-11-21-39-40(35)42(44)36-18-8-10-20-38(36)43(39)41-32-15-6-5-14-30(32)24-27-33(41)29-12-3-2-4-13-29/h2-4,7-13,16-27H,5-6,14-15H2,1H3. The molecule has 2 nitrogen and oxygen atoms in total. The summed E-state index contributed by atoms with van der Waals surface area (Å²) in [5.41, 5.74) is 18.6. The Balaban J connectivity index is 1.38. The van der Waals surface area contributed by atoms with Crippen molar-refractivity contribution in [3.63, 3.8) is 0 Å². The molecule has 0 saturated carbocycles. The Hall–Kier alpha value is -5.02. The predicted molar refractivity (Wildman–Crippen MR) is 187 cm³/mol. The predicted octanol–water partition coefficient (Wildman–Crippen LogP) is 9.25. The highest BCUT2D eigenvalue weighted by Gasteiger charge is 2.45. The van der Waals surface area contributed by atoms with Crippen LogP contribution in [0.2, 0.25) is 0 Å². The minimum atomic E-state index is 0.0611. The fourth-order valence-corrected chi connectivity index (χ4v) is 7.95. The Bertz CT molecular complexity index is 2050. The molecule has 6 aromatic carbocycles. The molecule has 1 aliphatic carbocycles. The van der Waals surface area contributed by atoms with Crippen molar-refractivity contribution in [2.24, 2.45) is 0 Å². The summed E-state index contributed by atoms with van der Waals surface area (Å²) in [4.78, 5) is 5.20. The van der Waals surface area contributed by atoms with Crippen LogP contribution in [-0.4, -0.2) is 6.85 Å². The van der Waals surface area contributed by atoms with E-state index < -0.39 is 0 Å². The van der Waals surface area contributed by atoms with E-state index in [1.54, 1.807) is 0 Å². The summed E-state index contributed by atoms with van der Waals surface area (Å²) in [6, 6.07) is 49.9. The normalized spacial score (nSPS) is 14.4. The average Bonchev–Trinajstić information content (AvgIpc) is 3.09. The second kappa shape index (κ2) is 10.0. The monoisotopic (exact) mass is 564 g/mol. The van der Waals surface area contributed by atoms with Crippen LogP contribution in [-0.2, 0) is 12.8 Å². The number of para-hydroxylation sites is 2. The molecule has 0 saturated heterocycles. The molecule has 6 aromatic rings. The van der Waals surface area contributed by atoms with E-state index in [4.69, 9.17) is 0 Å². The maximum absolute atomic E-state index is 2.62. The highest BCUT2D eigenvalue weighted by molar-refractivity contribution is 6.93. The van der Waals surface area contributed by atoms with Gasteiger partial charge in [-0.15, -0.1) is 0 Å². The molecule has 0 atom stereocenters. The van der Waals surface area contributed by atoms with Crippen molar-refractivity contribution in [1.82, 2.24) is 0 Å². The van der Waals surface area contributed by atoms with Gasteiger partial charge in [-0.2, -0.15) is 0 Å². The molecular weight excluding hydrogens is 531 g/mol. The van der Waals surface area contributed by atoms with Crippen molar-refractivity contribution in [1.29, 1.82) is 0 Å². The minimum absolute atomic E-state index is 0.0611. The van der Waals surface area contributed by atoms with Gasteiger partial charge >= 0.3 is 6.85 Å². The summed E-state index contributed by atoms with van der Waals surface area (Å²) in [6.45, 7) is 2.23.